The van der Waals surface area contributed by atoms with E-state index < -0.39 is 0 Å². The number of halogens is 1. The minimum absolute atomic E-state index is 0.0517. The van der Waals surface area contributed by atoms with Crippen molar-refractivity contribution < 1.29 is 9.59 Å². The molecule has 0 spiro atoms. The Labute approximate surface area is 170 Å². The molecule has 3 rings (SSSR count). The Balaban J connectivity index is 1.79. The predicted octanol–water partition coefficient (Wildman–Crippen LogP) is 3.17. The average molecular weight is 403 g/mol. The van der Waals surface area contributed by atoms with Crippen LogP contribution in [0.1, 0.15) is 44.1 Å². The van der Waals surface area contributed by atoms with Gasteiger partial charge in [0.1, 0.15) is 11.9 Å². The summed E-state index contributed by atoms with van der Waals surface area (Å²) in [5, 5.41) is 3.79. The maximum absolute atomic E-state index is 13.1. The molecule has 1 N–H and O–H groups in total. The van der Waals surface area contributed by atoms with Gasteiger partial charge in [0.15, 0.2) is 0 Å². The van der Waals surface area contributed by atoms with Crippen LogP contribution in [0.4, 0.5) is 0 Å². The number of aryl methyl sites for hydroxylation is 1. The van der Waals surface area contributed by atoms with Gasteiger partial charge in [-0.15, -0.1) is 0 Å². The maximum Gasteiger partial charge on any atom is 0.225 e. The summed E-state index contributed by atoms with van der Waals surface area (Å²) in [5.74, 6) is 0.532. The van der Waals surface area contributed by atoms with Gasteiger partial charge in [-0.25, -0.2) is 4.98 Å². The Hall–Kier alpha value is -2.34. The Kier molecular flexibility index (Phi) is 6.39. The predicted molar refractivity (Wildman–Crippen MR) is 109 cm³/mol. The van der Waals surface area contributed by atoms with E-state index in [-0.39, 0.29) is 29.7 Å². The largest absolute Gasteiger partial charge is 0.342 e. The van der Waals surface area contributed by atoms with Gasteiger partial charge in [0.25, 0.3) is 0 Å². The average Bonchev–Trinajstić information content (AvgIpc) is 3.11. The van der Waals surface area contributed by atoms with Crippen LogP contribution in [-0.4, -0.2) is 39.4 Å². The van der Waals surface area contributed by atoms with Crippen LogP contribution < -0.4 is 5.32 Å². The third-order valence-electron chi connectivity index (χ3n) is 5.20. The number of carbonyl (C=O) groups excluding carboxylic acids is 2. The summed E-state index contributed by atoms with van der Waals surface area (Å²) in [5.41, 5.74) is 0.915. The maximum atomic E-state index is 13.1. The van der Waals surface area contributed by atoms with Gasteiger partial charge in [0, 0.05) is 43.5 Å². The fraction of sp³-hybridized carbons (Fsp3) is 0.476. The molecule has 150 valence electrons. The zero-order chi connectivity index (χ0) is 20.3. The smallest absolute Gasteiger partial charge is 0.225 e. The summed E-state index contributed by atoms with van der Waals surface area (Å²) in [6.45, 7) is 4.98. The quantitative estimate of drug-likeness (QED) is 0.835. The number of imidazole rings is 1. The van der Waals surface area contributed by atoms with Gasteiger partial charge in [-0.2, -0.15) is 0 Å². The van der Waals surface area contributed by atoms with Crippen molar-refractivity contribution in [3.63, 3.8) is 0 Å². The lowest BCUT2D eigenvalue weighted by Crippen LogP contribution is -2.47. The Morgan fingerprint density at radius 2 is 1.96 bits per heavy atom. The molecule has 0 unspecified atom stereocenters. The molecule has 6 nitrogen and oxygen atoms in total. The van der Waals surface area contributed by atoms with Crippen LogP contribution in [0.2, 0.25) is 5.02 Å². The van der Waals surface area contributed by atoms with E-state index in [0.717, 1.165) is 30.8 Å². The standard InChI is InChI=1S/C21H27ClN4O2/c1-14(2)21(28)26-11-4-5-16(13-26)20(27)24-18(19-23-10-12-25(19)3)15-6-8-17(22)9-7-15/h6-10,12,14,16,18H,4-5,11,13H2,1-3H3,(H,24,27)/t16-,18-/m1/s1. The summed E-state index contributed by atoms with van der Waals surface area (Å²) in [4.78, 5) is 31.7. The molecule has 2 heterocycles. The molecule has 1 aromatic carbocycles. The number of amides is 2. The van der Waals surface area contributed by atoms with E-state index in [0.29, 0.717) is 11.6 Å². The first kappa shape index (κ1) is 20.4. The van der Waals surface area contributed by atoms with Crippen LogP contribution in [0.5, 0.6) is 0 Å². The second kappa shape index (κ2) is 8.78. The summed E-state index contributed by atoms with van der Waals surface area (Å²) < 4.78 is 1.90. The molecular formula is C21H27ClN4O2. The highest BCUT2D eigenvalue weighted by Gasteiger charge is 2.31. The Bertz CT molecular complexity index is 831. The van der Waals surface area contributed by atoms with E-state index in [1.807, 2.05) is 60.8 Å². The van der Waals surface area contributed by atoms with Crippen molar-refractivity contribution in [1.82, 2.24) is 19.8 Å². The molecule has 2 amide bonds. The lowest BCUT2D eigenvalue weighted by Gasteiger charge is -2.34. The van der Waals surface area contributed by atoms with Gasteiger partial charge >= 0.3 is 0 Å². The number of hydrogen-bond donors (Lipinski definition) is 1. The van der Waals surface area contributed by atoms with E-state index in [4.69, 9.17) is 11.6 Å². The molecule has 1 aliphatic heterocycles. The summed E-state index contributed by atoms with van der Waals surface area (Å²) in [6, 6.07) is 7.04. The normalized spacial score (nSPS) is 18.2. The van der Waals surface area contributed by atoms with E-state index in [9.17, 15) is 9.59 Å². The third kappa shape index (κ3) is 4.55. The number of aromatic nitrogens is 2. The molecule has 2 aromatic rings. The van der Waals surface area contributed by atoms with E-state index in [1.54, 1.807) is 6.20 Å². The first-order chi connectivity index (χ1) is 13.4. The number of nitrogens with one attached hydrogen (secondary N) is 1. The fourth-order valence-electron chi connectivity index (χ4n) is 3.62. The van der Waals surface area contributed by atoms with Crippen molar-refractivity contribution in [3.8, 4) is 0 Å². The van der Waals surface area contributed by atoms with Crippen LogP contribution in [0.25, 0.3) is 0 Å². The van der Waals surface area contributed by atoms with Gasteiger partial charge in [-0.05, 0) is 30.5 Å². The van der Waals surface area contributed by atoms with Crippen LogP contribution in [-0.2, 0) is 16.6 Å². The fourth-order valence-corrected chi connectivity index (χ4v) is 3.75. The monoisotopic (exact) mass is 402 g/mol. The molecule has 1 saturated heterocycles. The number of piperidine rings is 1. The minimum atomic E-state index is -0.374. The minimum Gasteiger partial charge on any atom is -0.342 e. The van der Waals surface area contributed by atoms with Crippen molar-refractivity contribution >= 4 is 23.4 Å². The molecule has 7 heteroatoms. The third-order valence-corrected chi connectivity index (χ3v) is 5.46. The van der Waals surface area contributed by atoms with Crippen molar-refractivity contribution in [2.24, 2.45) is 18.9 Å². The van der Waals surface area contributed by atoms with Gasteiger partial charge in [-0.1, -0.05) is 37.6 Å². The number of hydrogen-bond acceptors (Lipinski definition) is 3. The van der Waals surface area contributed by atoms with Crippen molar-refractivity contribution in [1.29, 1.82) is 0 Å². The number of rotatable bonds is 5. The highest BCUT2D eigenvalue weighted by atomic mass is 35.5. The first-order valence-corrected chi connectivity index (χ1v) is 10.1. The Morgan fingerprint density at radius 3 is 2.57 bits per heavy atom. The van der Waals surface area contributed by atoms with Crippen LogP contribution in [0.15, 0.2) is 36.7 Å². The first-order valence-electron chi connectivity index (χ1n) is 9.68. The molecule has 1 fully saturated rings. The highest BCUT2D eigenvalue weighted by Crippen LogP contribution is 2.25. The molecule has 2 atom stereocenters. The van der Waals surface area contributed by atoms with Gasteiger partial charge in [0.05, 0.1) is 5.92 Å². The molecule has 0 aliphatic carbocycles. The SMILES string of the molecule is CC(C)C(=O)N1CCC[C@@H](C(=O)N[C@H](c2ccc(Cl)cc2)c2nccn2C)C1. The summed E-state index contributed by atoms with van der Waals surface area (Å²) in [7, 11) is 1.90. The molecule has 1 aromatic heterocycles. The molecule has 0 radical (unpaired) electrons. The Morgan fingerprint density at radius 1 is 1.25 bits per heavy atom. The second-order valence-electron chi connectivity index (χ2n) is 7.67. The van der Waals surface area contributed by atoms with Crippen molar-refractivity contribution in [2.75, 3.05) is 13.1 Å². The van der Waals surface area contributed by atoms with Crippen LogP contribution >= 0.6 is 11.6 Å². The molecule has 28 heavy (non-hydrogen) atoms. The topological polar surface area (TPSA) is 67.2 Å². The summed E-state index contributed by atoms with van der Waals surface area (Å²) in [6.07, 6.45) is 5.19. The lowest BCUT2D eigenvalue weighted by molar-refractivity contribution is -0.138. The molecule has 1 aliphatic rings. The number of carbonyl (C=O) groups is 2. The van der Waals surface area contributed by atoms with Gasteiger partial charge in [-0.3, -0.25) is 9.59 Å². The molecule has 0 saturated carbocycles. The van der Waals surface area contributed by atoms with E-state index >= 15 is 0 Å². The van der Waals surface area contributed by atoms with Gasteiger partial charge in [0.2, 0.25) is 11.8 Å². The van der Waals surface area contributed by atoms with Crippen molar-refractivity contribution in [3.05, 3.63) is 53.1 Å². The van der Waals surface area contributed by atoms with E-state index in [1.165, 1.54) is 0 Å². The number of nitrogens with zero attached hydrogens (tertiary/aromatic N) is 3. The van der Waals surface area contributed by atoms with Gasteiger partial charge < -0.3 is 14.8 Å². The molecular weight excluding hydrogens is 376 g/mol. The highest BCUT2D eigenvalue weighted by molar-refractivity contribution is 6.30. The molecule has 0 bridgehead atoms. The van der Waals surface area contributed by atoms with Crippen molar-refractivity contribution in [2.45, 2.75) is 32.7 Å². The number of benzene rings is 1. The number of likely N-dealkylation sites (tertiary alicyclic amines) is 1. The van der Waals surface area contributed by atoms with Crippen LogP contribution in [0, 0.1) is 11.8 Å². The zero-order valence-corrected chi connectivity index (χ0v) is 17.3. The lowest BCUT2D eigenvalue weighted by atomic mass is 9.95. The zero-order valence-electron chi connectivity index (χ0n) is 16.6. The van der Waals surface area contributed by atoms with Crippen LogP contribution in [0.3, 0.4) is 0 Å². The second-order valence-corrected chi connectivity index (χ2v) is 8.10. The summed E-state index contributed by atoms with van der Waals surface area (Å²) >= 11 is 6.03. The van der Waals surface area contributed by atoms with E-state index in [2.05, 4.69) is 10.3 Å².